The maximum Gasteiger partial charge on any atom is 0.343 e. The third kappa shape index (κ3) is 5.37. The number of fused-ring (bicyclic) bond motifs is 1. The Hall–Kier alpha value is -4.08. The van der Waals surface area contributed by atoms with Crippen LogP contribution in [0, 0.1) is 11.6 Å². The molecule has 3 aromatic rings. The number of carbonyl (C=O) groups is 2. The van der Waals surface area contributed by atoms with Gasteiger partial charge >= 0.3 is 5.97 Å². The lowest BCUT2D eigenvalue weighted by Crippen LogP contribution is -2.35. The van der Waals surface area contributed by atoms with E-state index in [1.54, 1.807) is 24.4 Å². The molecule has 8 nitrogen and oxygen atoms in total. The Morgan fingerprint density at radius 1 is 1.06 bits per heavy atom. The molecule has 0 aliphatic carbocycles. The Balaban J connectivity index is 1.57. The number of esters is 1. The van der Waals surface area contributed by atoms with E-state index in [-0.39, 0.29) is 61.9 Å². The van der Waals surface area contributed by atoms with Crippen molar-refractivity contribution < 1.29 is 27.8 Å². The maximum atomic E-state index is 13.5. The number of halogens is 2. The molecule has 0 saturated heterocycles. The molecule has 0 saturated carbocycles. The summed E-state index contributed by atoms with van der Waals surface area (Å²) in [5.74, 6) is -2.89. The number of hydrogen-bond acceptors (Lipinski definition) is 6. The van der Waals surface area contributed by atoms with Crippen molar-refractivity contribution in [3.63, 3.8) is 0 Å². The van der Waals surface area contributed by atoms with E-state index in [2.05, 4.69) is 4.98 Å². The predicted octanol–water partition coefficient (Wildman–Crippen LogP) is 2.51. The number of hydrogen-bond donors (Lipinski definition) is 0. The van der Waals surface area contributed by atoms with Gasteiger partial charge in [-0.2, -0.15) is 0 Å². The number of amides is 1. The minimum Gasteiger partial charge on any atom is -0.486 e. The average molecular weight is 483 g/mol. The van der Waals surface area contributed by atoms with Crippen molar-refractivity contribution in [3.05, 3.63) is 93.2 Å². The summed E-state index contributed by atoms with van der Waals surface area (Å²) in [5, 5.41) is 0. The van der Waals surface area contributed by atoms with Crippen molar-refractivity contribution in [2.45, 2.75) is 26.0 Å². The predicted molar refractivity (Wildman–Crippen MR) is 121 cm³/mol. The molecule has 0 atom stereocenters. The Morgan fingerprint density at radius 3 is 2.60 bits per heavy atom. The summed E-state index contributed by atoms with van der Waals surface area (Å²) in [6, 6.07) is 9.87. The number of rotatable bonds is 6. The molecule has 4 rings (SSSR count). The quantitative estimate of drug-likeness (QED) is 0.501. The first-order chi connectivity index (χ1) is 16.9. The second kappa shape index (κ2) is 10.5. The van der Waals surface area contributed by atoms with E-state index in [0.717, 1.165) is 12.1 Å². The zero-order valence-electron chi connectivity index (χ0n) is 19.0. The van der Waals surface area contributed by atoms with Gasteiger partial charge in [0.15, 0.2) is 11.6 Å². The van der Waals surface area contributed by atoms with E-state index in [0.29, 0.717) is 17.0 Å². The lowest BCUT2D eigenvalue weighted by Gasteiger charge is -2.20. The van der Waals surface area contributed by atoms with Crippen LogP contribution in [0.1, 0.15) is 27.3 Å². The molecule has 1 aromatic carbocycles. The van der Waals surface area contributed by atoms with Crippen molar-refractivity contribution >= 4 is 11.9 Å². The van der Waals surface area contributed by atoms with Gasteiger partial charge in [-0.3, -0.25) is 14.6 Å². The van der Waals surface area contributed by atoms with Crippen LogP contribution in [0.5, 0.6) is 5.75 Å². The van der Waals surface area contributed by atoms with Crippen LogP contribution in [-0.2, 0) is 35.5 Å². The van der Waals surface area contributed by atoms with E-state index in [9.17, 15) is 23.2 Å². The molecule has 0 radical (unpaired) electrons. The first-order valence-corrected chi connectivity index (χ1v) is 11.0. The number of ether oxygens (including phenoxy) is 2. The highest BCUT2D eigenvalue weighted by molar-refractivity contribution is 5.93. The smallest absolute Gasteiger partial charge is 0.343 e. The monoisotopic (exact) mass is 483 g/mol. The maximum absolute atomic E-state index is 13.5. The molecule has 3 heterocycles. The highest BCUT2D eigenvalue weighted by Gasteiger charge is 2.27. The van der Waals surface area contributed by atoms with Gasteiger partial charge in [0.2, 0.25) is 5.91 Å². The van der Waals surface area contributed by atoms with E-state index in [1.807, 2.05) is 0 Å². The Labute approximate surface area is 199 Å². The van der Waals surface area contributed by atoms with E-state index >= 15 is 0 Å². The first-order valence-electron chi connectivity index (χ1n) is 11.0. The summed E-state index contributed by atoms with van der Waals surface area (Å²) in [7, 11) is 1.24. The average Bonchev–Trinajstić information content (AvgIpc) is 3.09. The van der Waals surface area contributed by atoms with Crippen LogP contribution in [0.25, 0.3) is 0 Å². The van der Waals surface area contributed by atoms with Gasteiger partial charge in [0, 0.05) is 44.0 Å². The van der Waals surface area contributed by atoms with Crippen LogP contribution in [0.4, 0.5) is 8.78 Å². The van der Waals surface area contributed by atoms with Crippen LogP contribution in [0.3, 0.4) is 0 Å². The fraction of sp³-hybridized carbons (Fsp3) is 0.280. The van der Waals surface area contributed by atoms with Crippen molar-refractivity contribution in [2.75, 3.05) is 20.2 Å². The molecule has 0 spiro atoms. The molecule has 35 heavy (non-hydrogen) atoms. The first kappa shape index (κ1) is 24.1. The molecule has 182 valence electrons. The molecule has 1 aliphatic heterocycles. The van der Waals surface area contributed by atoms with Crippen LogP contribution >= 0.6 is 0 Å². The molecule has 0 unspecified atom stereocenters. The minimum atomic E-state index is -1.02. The third-order valence-electron chi connectivity index (χ3n) is 5.78. The number of nitrogens with zero attached hydrogens (tertiary/aromatic N) is 3. The summed E-state index contributed by atoms with van der Waals surface area (Å²) in [5.41, 5.74) is 1.11. The van der Waals surface area contributed by atoms with Crippen LogP contribution < -0.4 is 10.3 Å². The number of aromatic nitrogens is 2. The van der Waals surface area contributed by atoms with E-state index < -0.39 is 17.6 Å². The number of pyridine rings is 2. The molecule has 2 aromatic heterocycles. The molecule has 0 N–H and O–H groups in total. The van der Waals surface area contributed by atoms with Gasteiger partial charge in [-0.25, -0.2) is 13.6 Å². The number of carbonyl (C=O) groups excluding carboxylic acids is 2. The standard InChI is InChI=1S/C25H23F2N3O5/c1-34-25(33)24-20-7-9-29(22(31)13-16-5-6-18(26)19(27)12-16)10-11-30(20)23(32)14-21(24)35-15-17-4-2-3-8-28-17/h2-6,8,12,14H,7,9-11,13,15H2,1H3. The van der Waals surface area contributed by atoms with Gasteiger partial charge in [-0.15, -0.1) is 0 Å². The second-order valence-electron chi connectivity index (χ2n) is 7.98. The summed E-state index contributed by atoms with van der Waals surface area (Å²) in [6.07, 6.45) is 1.69. The van der Waals surface area contributed by atoms with Crippen molar-refractivity contribution in [1.29, 1.82) is 0 Å². The Kier molecular flexibility index (Phi) is 7.19. The second-order valence-corrected chi connectivity index (χ2v) is 7.98. The lowest BCUT2D eigenvalue weighted by atomic mass is 10.1. The molecule has 0 fully saturated rings. The fourth-order valence-electron chi connectivity index (χ4n) is 4.01. The van der Waals surface area contributed by atoms with Crippen molar-refractivity contribution in [2.24, 2.45) is 0 Å². The highest BCUT2D eigenvalue weighted by Crippen LogP contribution is 2.25. The number of benzene rings is 1. The van der Waals surface area contributed by atoms with Crippen molar-refractivity contribution in [3.8, 4) is 5.75 Å². The summed E-state index contributed by atoms with van der Waals surface area (Å²) < 4.78 is 38.9. The van der Waals surface area contributed by atoms with Gasteiger partial charge in [0.1, 0.15) is 17.9 Å². The van der Waals surface area contributed by atoms with Crippen LogP contribution in [-0.4, -0.2) is 46.5 Å². The molecule has 0 bridgehead atoms. The Bertz CT molecular complexity index is 1310. The summed E-state index contributed by atoms with van der Waals surface area (Å²) >= 11 is 0. The minimum absolute atomic E-state index is 0.0482. The van der Waals surface area contributed by atoms with Gasteiger partial charge in [0.25, 0.3) is 5.56 Å². The Morgan fingerprint density at radius 2 is 1.89 bits per heavy atom. The molecule has 10 heteroatoms. The number of methoxy groups -OCH3 is 1. The molecule has 1 amide bonds. The highest BCUT2D eigenvalue weighted by atomic mass is 19.2. The SMILES string of the molecule is COC(=O)c1c(OCc2ccccn2)cc(=O)n2c1CCN(C(=O)Cc1ccc(F)c(F)c1)CC2. The van der Waals surface area contributed by atoms with Crippen LogP contribution in [0.2, 0.25) is 0 Å². The largest absolute Gasteiger partial charge is 0.486 e. The normalized spacial score (nSPS) is 13.1. The zero-order valence-corrected chi connectivity index (χ0v) is 19.0. The van der Waals surface area contributed by atoms with Crippen LogP contribution in [0.15, 0.2) is 53.5 Å². The topological polar surface area (TPSA) is 90.7 Å². The molecule has 1 aliphatic rings. The van der Waals surface area contributed by atoms with Gasteiger partial charge in [-0.05, 0) is 29.8 Å². The zero-order chi connectivity index (χ0) is 24.9. The van der Waals surface area contributed by atoms with E-state index in [4.69, 9.17) is 9.47 Å². The van der Waals surface area contributed by atoms with E-state index in [1.165, 1.54) is 28.7 Å². The fourth-order valence-corrected chi connectivity index (χ4v) is 4.01. The van der Waals surface area contributed by atoms with Gasteiger partial charge in [0.05, 0.1) is 19.2 Å². The molecular formula is C25H23F2N3O5. The molecular weight excluding hydrogens is 460 g/mol. The third-order valence-corrected chi connectivity index (χ3v) is 5.78. The van der Waals surface area contributed by atoms with Gasteiger partial charge < -0.3 is 18.9 Å². The lowest BCUT2D eigenvalue weighted by molar-refractivity contribution is -0.130. The van der Waals surface area contributed by atoms with Crippen molar-refractivity contribution in [1.82, 2.24) is 14.5 Å². The summed E-state index contributed by atoms with van der Waals surface area (Å²) in [6.45, 7) is 0.634. The van der Waals surface area contributed by atoms with Gasteiger partial charge in [-0.1, -0.05) is 12.1 Å². The summed E-state index contributed by atoms with van der Waals surface area (Å²) in [4.78, 5) is 44.1.